The molecule has 2 aliphatic rings. The third kappa shape index (κ3) is 2.71. The summed E-state index contributed by atoms with van der Waals surface area (Å²) < 4.78 is 5.26. The maximum Gasteiger partial charge on any atom is 0.255 e. The number of carbonyl (C=O) groups is 1. The fourth-order valence-electron chi connectivity index (χ4n) is 2.59. The molecule has 0 bridgehead atoms. The van der Waals surface area contributed by atoms with E-state index in [4.69, 9.17) is 4.74 Å². The van der Waals surface area contributed by atoms with Gasteiger partial charge in [-0.05, 0) is 25.0 Å². The average Bonchev–Trinajstić information content (AvgIpc) is 3.02. The van der Waals surface area contributed by atoms with Crippen LogP contribution in [0.15, 0.2) is 18.3 Å². The number of morpholine rings is 1. The van der Waals surface area contributed by atoms with Gasteiger partial charge < -0.3 is 14.5 Å². The highest BCUT2D eigenvalue weighted by Gasteiger charge is 2.19. The quantitative estimate of drug-likeness (QED) is 0.801. The molecule has 1 aromatic rings. The first kappa shape index (κ1) is 12.4. The second-order valence-electron chi connectivity index (χ2n) is 5.00. The molecule has 3 heterocycles. The van der Waals surface area contributed by atoms with Gasteiger partial charge in [-0.1, -0.05) is 0 Å². The number of amides is 1. The number of anilines is 1. The lowest BCUT2D eigenvalue weighted by molar-refractivity contribution is 0.0302. The van der Waals surface area contributed by atoms with Gasteiger partial charge in [0.1, 0.15) is 5.82 Å². The Hall–Kier alpha value is -1.62. The lowest BCUT2D eigenvalue weighted by Crippen LogP contribution is -2.40. The van der Waals surface area contributed by atoms with E-state index in [9.17, 15) is 4.79 Å². The van der Waals surface area contributed by atoms with Crippen LogP contribution in [0, 0.1) is 0 Å². The van der Waals surface area contributed by atoms with E-state index >= 15 is 0 Å². The van der Waals surface area contributed by atoms with Gasteiger partial charge in [0.05, 0.1) is 18.8 Å². The van der Waals surface area contributed by atoms with Crippen molar-refractivity contribution in [2.24, 2.45) is 0 Å². The summed E-state index contributed by atoms with van der Waals surface area (Å²) in [4.78, 5) is 20.8. The molecule has 19 heavy (non-hydrogen) atoms. The van der Waals surface area contributed by atoms with Crippen LogP contribution in [0.25, 0.3) is 0 Å². The van der Waals surface area contributed by atoms with E-state index in [1.807, 2.05) is 17.0 Å². The third-order valence-electron chi connectivity index (χ3n) is 3.72. The lowest BCUT2D eigenvalue weighted by Gasteiger charge is -2.27. The molecular formula is C14H19N3O2. The van der Waals surface area contributed by atoms with Gasteiger partial charge in [-0.2, -0.15) is 0 Å². The Morgan fingerprint density at radius 1 is 1.11 bits per heavy atom. The number of ether oxygens (including phenoxy) is 1. The standard InChI is InChI=1S/C14H19N3O2/c18-14(17-7-9-19-10-8-17)12-3-4-13(15-11-12)16-5-1-2-6-16/h3-4,11H,1-2,5-10H2. The monoisotopic (exact) mass is 261 g/mol. The smallest absolute Gasteiger partial charge is 0.255 e. The van der Waals surface area contributed by atoms with Gasteiger partial charge in [-0.15, -0.1) is 0 Å². The highest BCUT2D eigenvalue weighted by molar-refractivity contribution is 5.94. The SMILES string of the molecule is O=C(c1ccc(N2CCCC2)nc1)N1CCOCC1. The van der Waals surface area contributed by atoms with Crippen LogP contribution in [0.2, 0.25) is 0 Å². The van der Waals surface area contributed by atoms with Crippen molar-refractivity contribution >= 4 is 11.7 Å². The van der Waals surface area contributed by atoms with Crippen molar-refractivity contribution in [3.63, 3.8) is 0 Å². The Balaban J connectivity index is 1.69. The Kier molecular flexibility index (Phi) is 3.64. The number of rotatable bonds is 2. The molecule has 0 unspecified atom stereocenters. The first-order valence-corrected chi connectivity index (χ1v) is 6.92. The normalized spacial score (nSPS) is 19.8. The number of hydrogen-bond donors (Lipinski definition) is 0. The van der Waals surface area contributed by atoms with Crippen LogP contribution in [-0.2, 0) is 4.74 Å². The Bertz CT molecular complexity index is 435. The topological polar surface area (TPSA) is 45.7 Å². The molecule has 2 saturated heterocycles. The number of nitrogens with zero attached hydrogens (tertiary/aromatic N) is 3. The summed E-state index contributed by atoms with van der Waals surface area (Å²) >= 11 is 0. The van der Waals surface area contributed by atoms with Crippen LogP contribution in [-0.4, -0.2) is 55.2 Å². The summed E-state index contributed by atoms with van der Waals surface area (Å²) in [5, 5.41) is 0. The highest BCUT2D eigenvalue weighted by atomic mass is 16.5. The van der Waals surface area contributed by atoms with Crippen LogP contribution in [0.5, 0.6) is 0 Å². The molecule has 102 valence electrons. The summed E-state index contributed by atoms with van der Waals surface area (Å²) in [5.74, 6) is 1.04. The first-order valence-electron chi connectivity index (χ1n) is 6.92. The largest absolute Gasteiger partial charge is 0.378 e. The Morgan fingerprint density at radius 2 is 1.84 bits per heavy atom. The van der Waals surface area contributed by atoms with Gasteiger partial charge in [-0.3, -0.25) is 4.79 Å². The molecule has 0 aromatic carbocycles. The van der Waals surface area contributed by atoms with Crippen LogP contribution < -0.4 is 4.90 Å². The first-order chi connectivity index (χ1) is 9.34. The summed E-state index contributed by atoms with van der Waals surface area (Å²) in [6.07, 6.45) is 4.16. The van der Waals surface area contributed by atoms with E-state index in [0.29, 0.717) is 31.9 Å². The molecule has 0 N–H and O–H groups in total. The number of pyridine rings is 1. The van der Waals surface area contributed by atoms with Crippen molar-refractivity contribution < 1.29 is 9.53 Å². The minimum atomic E-state index is 0.0590. The van der Waals surface area contributed by atoms with Gasteiger partial charge in [0.15, 0.2) is 0 Å². The van der Waals surface area contributed by atoms with Crippen molar-refractivity contribution in [2.75, 3.05) is 44.3 Å². The van der Waals surface area contributed by atoms with Gasteiger partial charge in [0, 0.05) is 32.4 Å². The molecule has 3 rings (SSSR count). The molecule has 0 radical (unpaired) electrons. The summed E-state index contributed by atoms with van der Waals surface area (Å²) in [7, 11) is 0. The fraction of sp³-hybridized carbons (Fsp3) is 0.571. The van der Waals surface area contributed by atoms with Crippen LogP contribution in [0.4, 0.5) is 5.82 Å². The number of aromatic nitrogens is 1. The molecule has 2 fully saturated rings. The van der Waals surface area contributed by atoms with Crippen LogP contribution in [0.3, 0.4) is 0 Å². The highest BCUT2D eigenvalue weighted by Crippen LogP contribution is 2.18. The second kappa shape index (κ2) is 5.57. The maximum absolute atomic E-state index is 12.2. The van der Waals surface area contributed by atoms with Crippen molar-refractivity contribution in [3.05, 3.63) is 23.9 Å². The average molecular weight is 261 g/mol. The predicted octanol–water partition coefficient (Wildman–Crippen LogP) is 1.15. The maximum atomic E-state index is 12.2. The molecule has 1 amide bonds. The number of carbonyl (C=O) groups excluding carboxylic acids is 1. The minimum Gasteiger partial charge on any atom is -0.378 e. The zero-order valence-corrected chi connectivity index (χ0v) is 11.0. The van der Waals surface area contributed by atoms with Gasteiger partial charge >= 0.3 is 0 Å². The molecule has 0 atom stereocenters. The third-order valence-corrected chi connectivity index (χ3v) is 3.72. The second-order valence-corrected chi connectivity index (χ2v) is 5.00. The molecule has 5 nitrogen and oxygen atoms in total. The van der Waals surface area contributed by atoms with E-state index in [1.54, 1.807) is 6.20 Å². The molecule has 2 aliphatic heterocycles. The zero-order chi connectivity index (χ0) is 13.1. The van der Waals surface area contributed by atoms with E-state index in [0.717, 1.165) is 18.9 Å². The molecule has 0 spiro atoms. The van der Waals surface area contributed by atoms with E-state index in [1.165, 1.54) is 12.8 Å². The van der Waals surface area contributed by atoms with Gasteiger partial charge in [0.25, 0.3) is 5.91 Å². The Labute approximate surface area is 113 Å². The van der Waals surface area contributed by atoms with E-state index < -0.39 is 0 Å². The summed E-state index contributed by atoms with van der Waals surface area (Å²) in [5.41, 5.74) is 0.671. The van der Waals surface area contributed by atoms with Gasteiger partial charge in [0.2, 0.25) is 0 Å². The van der Waals surface area contributed by atoms with Crippen molar-refractivity contribution in [3.8, 4) is 0 Å². The minimum absolute atomic E-state index is 0.0590. The Morgan fingerprint density at radius 3 is 2.47 bits per heavy atom. The van der Waals surface area contributed by atoms with Crippen molar-refractivity contribution in [1.29, 1.82) is 0 Å². The lowest BCUT2D eigenvalue weighted by atomic mass is 10.2. The van der Waals surface area contributed by atoms with E-state index in [2.05, 4.69) is 9.88 Å². The molecule has 5 heteroatoms. The predicted molar refractivity (Wildman–Crippen MR) is 72.4 cm³/mol. The van der Waals surface area contributed by atoms with Crippen molar-refractivity contribution in [2.45, 2.75) is 12.8 Å². The van der Waals surface area contributed by atoms with Crippen molar-refractivity contribution in [1.82, 2.24) is 9.88 Å². The van der Waals surface area contributed by atoms with E-state index in [-0.39, 0.29) is 5.91 Å². The molecule has 0 saturated carbocycles. The molecule has 0 aliphatic carbocycles. The fourth-order valence-corrected chi connectivity index (χ4v) is 2.59. The van der Waals surface area contributed by atoms with Crippen LogP contribution >= 0.6 is 0 Å². The summed E-state index contributed by atoms with van der Waals surface area (Å²) in [6.45, 7) is 4.75. The summed E-state index contributed by atoms with van der Waals surface area (Å²) in [6, 6.07) is 3.84. The van der Waals surface area contributed by atoms with Crippen LogP contribution in [0.1, 0.15) is 23.2 Å². The molecule has 1 aromatic heterocycles. The molecular weight excluding hydrogens is 242 g/mol. The number of hydrogen-bond acceptors (Lipinski definition) is 4. The zero-order valence-electron chi connectivity index (χ0n) is 11.0. The van der Waals surface area contributed by atoms with Gasteiger partial charge in [-0.25, -0.2) is 4.98 Å².